The number of rotatable bonds is 3. The molecule has 0 saturated heterocycles. The predicted molar refractivity (Wildman–Crippen MR) is 165 cm³/mol. The summed E-state index contributed by atoms with van der Waals surface area (Å²) < 4.78 is 223. The number of allylic oxidation sites excluding steroid dienone is 2. The normalized spacial score (nSPS) is 13.9. The highest BCUT2D eigenvalue weighted by molar-refractivity contribution is 6.11. The average Bonchev–Trinajstić information content (AvgIpc) is 4.03. The van der Waals surface area contributed by atoms with Gasteiger partial charge in [0.15, 0.2) is 69.8 Å². The van der Waals surface area contributed by atoms with Gasteiger partial charge in [-0.3, -0.25) is 0 Å². The second-order valence-corrected chi connectivity index (χ2v) is 12.0. The minimum absolute atomic E-state index is 0.119. The Labute approximate surface area is 300 Å². The maximum atomic E-state index is 15.6. The van der Waals surface area contributed by atoms with Crippen LogP contribution in [0, 0.1) is 87.3 Å². The molecule has 0 spiro atoms. The first-order valence-electron chi connectivity index (χ1n) is 15.4. The van der Waals surface area contributed by atoms with Crippen LogP contribution in [0.1, 0.15) is 39.3 Å². The summed E-state index contributed by atoms with van der Waals surface area (Å²) >= 11 is 0. The summed E-state index contributed by atoms with van der Waals surface area (Å²) in [4.78, 5) is 11.7. The summed E-state index contributed by atoms with van der Waals surface area (Å²) in [7, 11) is 0. The molecule has 19 heteroatoms. The summed E-state index contributed by atoms with van der Waals surface area (Å²) in [5.74, 6) is -36.4. The van der Waals surface area contributed by atoms with Crippen LogP contribution in [0.2, 0.25) is 0 Å². The van der Waals surface area contributed by atoms with Crippen molar-refractivity contribution < 1.29 is 65.9 Å². The largest absolute Gasteiger partial charge is 0.360 e. The van der Waals surface area contributed by atoms with Gasteiger partial charge in [0.25, 0.3) is 0 Å². The van der Waals surface area contributed by atoms with Crippen LogP contribution in [-0.4, -0.2) is 20.7 Å². The number of H-pyrrole nitrogens is 3. The lowest BCUT2D eigenvalue weighted by molar-refractivity contribution is 0.376. The van der Waals surface area contributed by atoms with Crippen LogP contribution in [0.3, 0.4) is 0 Å². The number of nitrogens with one attached hydrogen (secondary N) is 3. The average molecular weight is 796 g/mol. The Hall–Kier alpha value is -6.66. The topological polar surface area (TPSA) is 59.7 Å². The maximum Gasteiger partial charge on any atom is 0.200 e. The molecule has 0 amide bonds. The molecule has 2 aliphatic rings. The highest BCUT2D eigenvalue weighted by Crippen LogP contribution is 2.39. The Morgan fingerprint density at radius 3 is 1.29 bits per heavy atom. The fourth-order valence-electron chi connectivity index (χ4n) is 6.43. The lowest BCUT2D eigenvalue weighted by Gasteiger charge is -2.13. The molecule has 284 valence electrons. The third kappa shape index (κ3) is 5.09. The zero-order valence-electron chi connectivity index (χ0n) is 26.7. The van der Waals surface area contributed by atoms with Crippen molar-refractivity contribution >= 4 is 22.4 Å². The van der Waals surface area contributed by atoms with Gasteiger partial charge in [-0.15, -0.1) is 0 Å². The Morgan fingerprint density at radius 2 is 0.786 bits per heavy atom. The SMILES string of the molecule is Fc1c(F)c(F)c(C2=C3C=CC(=N3)c3ccc([nH]3)C(c3c(F)c(F)c(F)c(F)c3F)=c3ccc([nH]3)=C(c3c(F)c(F)c(F)c(F)c3F)c3c[nH]c2c3)c(F)c1F. The van der Waals surface area contributed by atoms with Crippen molar-refractivity contribution in [1.29, 1.82) is 0 Å². The van der Waals surface area contributed by atoms with E-state index in [1.165, 1.54) is 0 Å². The van der Waals surface area contributed by atoms with Gasteiger partial charge in [-0.1, -0.05) is 0 Å². The molecule has 0 fully saturated rings. The van der Waals surface area contributed by atoms with E-state index in [1.807, 2.05) is 0 Å². The van der Waals surface area contributed by atoms with Gasteiger partial charge in [-0.05, 0) is 42.5 Å². The van der Waals surface area contributed by atoms with Crippen molar-refractivity contribution in [3.63, 3.8) is 0 Å². The van der Waals surface area contributed by atoms with Gasteiger partial charge in [0.05, 0.1) is 33.8 Å². The number of hydrogen-bond acceptors (Lipinski definition) is 1. The fraction of sp³-hybridized carbons (Fsp3) is 0. The molecule has 2 aliphatic heterocycles. The monoisotopic (exact) mass is 796 g/mol. The zero-order chi connectivity index (χ0) is 40.2. The Morgan fingerprint density at radius 1 is 0.375 bits per heavy atom. The summed E-state index contributed by atoms with van der Waals surface area (Å²) in [5.41, 5.74) is -10.0. The molecule has 0 aliphatic carbocycles. The number of nitrogens with zero attached hydrogens (tertiary/aromatic N) is 1. The second-order valence-electron chi connectivity index (χ2n) is 12.0. The van der Waals surface area contributed by atoms with Gasteiger partial charge in [0.1, 0.15) is 0 Å². The van der Waals surface area contributed by atoms with Crippen LogP contribution in [-0.2, 0) is 0 Å². The molecule has 3 N–H and O–H groups in total. The zero-order valence-corrected chi connectivity index (χ0v) is 26.7. The molecule has 0 atom stereocenters. The Bertz CT molecular complexity index is 2890. The predicted octanol–water partition coefficient (Wildman–Crippen LogP) is 8.38. The molecule has 0 saturated carbocycles. The van der Waals surface area contributed by atoms with Gasteiger partial charge in [-0.2, -0.15) is 0 Å². The number of aromatic nitrogens is 3. The first-order valence-corrected chi connectivity index (χ1v) is 15.4. The molecule has 4 nitrogen and oxygen atoms in total. The number of aromatic amines is 3. The second kappa shape index (κ2) is 12.7. The summed E-state index contributed by atoms with van der Waals surface area (Å²) in [6.45, 7) is 0. The van der Waals surface area contributed by atoms with Crippen molar-refractivity contribution in [2.45, 2.75) is 0 Å². The number of hydrogen-bond donors (Lipinski definition) is 3. The van der Waals surface area contributed by atoms with E-state index in [0.717, 1.165) is 48.7 Å². The Balaban J connectivity index is 1.57. The maximum absolute atomic E-state index is 15.6. The lowest BCUT2D eigenvalue weighted by Crippen LogP contribution is -2.21. The Kier molecular flexibility index (Phi) is 8.24. The molecule has 6 aromatic rings. The lowest BCUT2D eigenvalue weighted by atomic mass is 9.95. The molecule has 0 unspecified atom stereocenters. The van der Waals surface area contributed by atoms with E-state index >= 15 is 26.3 Å². The first-order chi connectivity index (χ1) is 26.5. The van der Waals surface area contributed by atoms with E-state index in [9.17, 15) is 39.5 Å². The third-order valence-electron chi connectivity index (χ3n) is 8.97. The highest BCUT2D eigenvalue weighted by Gasteiger charge is 2.34. The van der Waals surface area contributed by atoms with Crippen molar-refractivity contribution in [3.8, 4) is 0 Å². The molecule has 8 rings (SSSR count). The summed E-state index contributed by atoms with van der Waals surface area (Å²) in [6.07, 6.45) is 2.91. The van der Waals surface area contributed by atoms with Crippen LogP contribution in [0.25, 0.3) is 16.7 Å². The van der Waals surface area contributed by atoms with Crippen molar-refractivity contribution in [2.24, 2.45) is 4.99 Å². The molecular weight excluding hydrogens is 785 g/mol. The molecular formula is C37H11F15N4. The van der Waals surface area contributed by atoms with E-state index in [-0.39, 0.29) is 11.4 Å². The van der Waals surface area contributed by atoms with E-state index in [2.05, 4.69) is 19.9 Å². The van der Waals surface area contributed by atoms with Crippen molar-refractivity contribution in [1.82, 2.24) is 15.0 Å². The van der Waals surface area contributed by atoms with E-state index in [1.54, 1.807) is 0 Å². The van der Waals surface area contributed by atoms with Gasteiger partial charge in [0.2, 0.25) is 17.5 Å². The van der Waals surface area contributed by atoms with E-state index in [4.69, 9.17) is 0 Å². The van der Waals surface area contributed by atoms with E-state index < -0.39 is 154 Å². The molecule has 0 radical (unpaired) electrons. The highest BCUT2D eigenvalue weighted by atomic mass is 19.2. The van der Waals surface area contributed by atoms with Gasteiger partial charge in [-0.25, -0.2) is 70.8 Å². The summed E-state index contributed by atoms with van der Waals surface area (Å²) in [5, 5.41) is -1.24. The van der Waals surface area contributed by atoms with Crippen LogP contribution in [0.15, 0.2) is 59.4 Å². The standard InChI is InChI=1S/C37H11F15N4/c38-23-20(24(39)30(45)35(50)29(23)44)17-9-7-16(53-8-9)19(22-27(42)33(48)37(52)34(49)28(22)43)15-4-2-11(55-15)10-1-3-13(54-10)18(14-6-5-12(17)56-14)21-25(40)31(46)36(51)32(47)26(21)41/h1-8,53-54,56H. The molecule has 5 heterocycles. The summed E-state index contributed by atoms with van der Waals surface area (Å²) in [6, 6.07) is 4.70. The van der Waals surface area contributed by atoms with Crippen LogP contribution in [0.4, 0.5) is 65.9 Å². The van der Waals surface area contributed by atoms with Gasteiger partial charge >= 0.3 is 0 Å². The van der Waals surface area contributed by atoms with Crippen LogP contribution in [0.5, 0.6) is 0 Å². The van der Waals surface area contributed by atoms with Gasteiger partial charge < -0.3 is 15.0 Å². The van der Waals surface area contributed by atoms with Crippen molar-refractivity contribution in [3.05, 3.63) is 192 Å². The molecule has 56 heavy (non-hydrogen) atoms. The molecule has 3 aromatic heterocycles. The number of aliphatic imine (C=N–C) groups is 1. The third-order valence-corrected chi connectivity index (χ3v) is 8.97. The first kappa shape index (κ1) is 36.3. The smallest absolute Gasteiger partial charge is 0.200 e. The fourth-order valence-corrected chi connectivity index (χ4v) is 6.43. The molecule has 8 bridgehead atoms. The number of benzene rings is 3. The van der Waals surface area contributed by atoms with Crippen LogP contribution >= 0.6 is 0 Å². The number of halogens is 15. The minimum atomic E-state index is -2.59. The van der Waals surface area contributed by atoms with Crippen molar-refractivity contribution in [2.75, 3.05) is 0 Å². The molecule has 3 aromatic carbocycles. The number of fused-ring (bicyclic) bond motifs is 8. The minimum Gasteiger partial charge on any atom is -0.360 e. The quantitative estimate of drug-likeness (QED) is 0.0917. The van der Waals surface area contributed by atoms with Gasteiger partial charge in [0, 0.05) is 50.6 Å². The van der Waals surface area contributed by atoms with Crippen LogP contribution < -0.4 is 10.7 Å². The van der Waals surface area contributed by atoms with E-state index in [0.29, 0.717) is 0 Å².